The van der Waals surface area contributed by atoms with Crippen molar-refractivity contribution in [3.63, 3.8) is 0 Å². The van der Waals surface area contributed by atoms with Gasteiger partial charge in [0.2, 0.25) is 11.8 Å². The maximum Gasteiger partial charge on any atom is 0.236 e. The van der Waals surface area contributed by atoms with Crippen LogP contribution in [0.3, 0.4) is 0 Å². The highest BCUT2D eigenvalue weighted by Crippen LogP contribution is 2.27. The Kier molecular flexibility index (Phi) is 8.79. The third kappa shape index (κ3) is 6.08. The first-order valence-corrected chi connectivity index (χ1v) is 12.3. The van der Waals surface area contributed by atoms with E-state index in [1.54, 1.807) is 16.8 Å². The van der Waals surface area contributed by atoms with E-state index in [0.29, 0.717) is 42.6 Å². The van der Waals surface area contributed by atoms with Gasteiger partial charge in [0, 0.05) is 55.5 Å². The molecule has 1 aliphatic heterocycles. The Morgan fingerprint density at radius 3 is 2.45 bits per heavy atom. The molecule has 1 saturated heterocycles. The average Bonchev–Trinajstić information content (AvgIpc) is 2.93. The first-order valence-electron chi connectivity index (χ1n) is 11.5. The van der Waals surface area contributed by atoms with E-state index in [9.17, 15) is 9.59 Å². The predicted octanol–water partition coefficient (Wildman–Crippen LogP) is 3.74. The van der Waals surface area contributed by atoms with Gasteiger partial charge >= 0.3 is 0 Å². The number of hydrogen-bond acceptors (Lipinski definition) is 4. The van der Waals surface area contributed by atoms with Crippen LogP contribution in [-0.2, 0) is 16.0 Å². The molecule has 2 amide bonds. The number of nitrogens with zero attached hydrogens (tertiary/aromatic N) is 5. The van der Waals surface area contributed by atoms with Crippen molar-refractivity contribution in [2.45, 2.75) is 40.5 Å². The second-order valence-corrected chi connectivity index (χ2v) is 9.25. The van der Waals surface area contributed by atoms with Gasteiger partial charge in [0.05, 0.1) is 29.4 Å². The zero-order valence-corrected chi connectivity index (χ0v) is 21.4. The minimum Gasteiger partial charge on any atom is -0.342 e. The summed E-state index contributed by atoms with van der Waals surface area (Å²) < 4.78 is 1.78. The fourth-order valence-corrected chi connectivity index (χ4v) is 4.82. The topological polar surface area (TPSA) is 61.7 Å². The molecule has 180 valence electrons. The summed E-state index contributed by atoms with van der Waals surface area (Å²) in [7, 11) is 0. The zero-order valence-electron chi connectivity index (χ0n) is 19.9. The number of rotatable bonds is 7. The molecule has 3 rings (SSSR count). The van der Waals surface area contributed by atoms with Crippen LogP contribution in [-0.4, -0.2) is 82.1 Å². The number of benzene rings is 1. The summed E-state index contributed by atoms with van der Waals surface area (Å²) in [4.78, 5) is 31.5. The number of amides is 2. The number of carbonyl (C=O) groups is 2. The van der Waals surface area contributed by atoms with E-state index >= 15 is 0 Å². The standard InChI is InChI=1S/C24H33Cl2N5O2/c1-5-29(6-2)24(33)16-28-10-7-11-30(13-12-28)23(32)15-20-17(3)27-31(18(20)4)22-9-8-19(25)14-21(22)26/h8-9,14H,5-7,10-13,15-16H2,1-4H3. The third-order valence-electron chi connectivity index (χ3n) is 6.32. The molecule has 0 aliphatic carbocycles. The highest BCUT2D eigenvalue weighted by molar-refractivity contribution is 6.35. The zero-order chi connectivity index (χ0) is 24.1. The number of aryl methyl sites for hydroxylation is 1. The summed E-state index contributed by atoms with van der Waals surface area (Å²) in [5.41, 5.74) is 3.37. The van der Waals surface area contributed by atoms with E-state index in [1.807, 2.05) is 43.6 Å². The number of likely N-dealkylation sites (N-methyl/N-ethyl adjacent to an activating group) is 1. The molecule has 2 heterocycles. The smallest absolute Gasteiger partial charge is 0.236 e. The fraction of sp³-hybridized carbons (Fsp3) is 0.542. The van der Waals surface area contributed by atoms with E-state index in [2.05, 4.69) is 10.00 Å². The SMILES string of the molecule is CCN(CC)C(=O)CN1CCCN(C(=O)Cc2c(C)nn(-c3ccc(Cl)cc3Cl)c2C)CC1. The van der Waals surface area contributed by atoms with Crippen LogP contribution in [0.4, 0.5) is 0 Å². The van der Waals surface area contributed by atoms with Gasteiger partial charge in [0.25, 0.3) is 0 Å². The first-order chi connectivity index (χ1) is 15.7. The lowest BCUT2D eigenvalue weighted by atomic mass is 10.1. The molecule has 0 atom stereocenters. The van der Waals surface area contributed by atoms with E-state index in [-0.39, 0.29) is 11.8 Å². The second-order valence-electron chi connectivity index (χ2n) is 8.41. The van der Waals surface area contributed by atoms with Crippen molar-refractivity contribution < 1.29 is 9.59 Å². The molecular weight excluding hydrogens is 461 g/mol. The van der Waals surface area contributed by atoms with E-state index in [4.69, 9.17) is 23.2 Å². The number of halogens is 2. The van der Waals surface area contributed by atoms with Gasteiger partial charge < -0.3 is 9.80 Å². The van der Waals surface area contributed by atoms with Gasteiger partial charge in [-0.15, -0.1) is 0 Å². The summed E-state index contributed by atoms with van der Waals surface area (Å²) in [6.07, 6.45) is 1.15. The van der Waals surface area contributed by atoms with E-state index in [1.165, 1.54) is 0 Å². The normalized spacial score (nSPS) is 14.9. The van der Waals surface area contributed by atoms with Crippen LogP contribution in [0.1, 0.15) is 37.2 Å². The molecule has 33 heavy (non-hydrogen) atoms. The third-order valence-corrected chi connectivity index (χ3v) is 6.86. The lowest BCUT2D eigenvalue weighted by Crippen LogP contribution is -2.42. The molecule has 1 aromatic heterocycles. The monoisotopic (exact) mass is 493 g/mol. The molecule has 9 heteroatoms. The van der Waals surface area contributed by atoms with Crippen molar-refractivity contribution in [3.8, 4) is 5.69 Å². The Labute approximate surface area is 206 Å². The molecule has 2 aromatic rings. The maximum atomic E-state index is 13.2. The molecule has 0 unspecified atom stereocenters. The van der Waals surface area contributed by atoms with Crippen molar-refractivity contribution >= 4 is 35.0 Å². The van der Waals surface area contributed by atoms with Crippen molar-refractivity contribution in [3.05, 3.63) is 45.2 Å². The summed E-state index contributed by atoms with van der Waals surface area (Å²) in [5, 5.41) is 5.71. The van der Waals surface area contributed by atoms with E-state index in [0.717, 1.165) is 48.7 Å². The Morgan fingerprint density at radius 1 is 1.06 bits per heavy atom. The number of aromatic nitrogens is 2. The summed E-state index contributed by atoms with van der Waals surface area (Å²) >= 11 is 12.4. The molecular formula is C24H33Cl2N5O2. The van der Waals surface area contributed by atoms with E-state index < -0.39 is 0 Å². The van der Waals surface area contributed by atoms with Crippen LogP contribution < -0.4 is 0 Å². The maximum absolute atomic E-state index is 13.2. The Bertz CT molecular complexity index is 1000. The number of carbonyl (C=O) groups excluding carboxylic acids is 2. The highest BCUT2D eigenvalue weighted by atomic mass is 35.5. The molecule has 0 N–H and O–H groups in total. The Hall–Kier alpha value is -2.09. The van der Waals surface area contributed by atoms with Crippen LogP contribution in [0.2, 0.25) is 10.0 Å². The van der Waals surface area contributed by atoms with Crippen LogP contribution in [0.25, 0.3) is 5.69 Å². The molecule has 1 fully saturated rings. The minimum atomic E-state index is 0.0832. The fourth-order valence-electron chi connectivity index (χ4n) is 4.33. The van der Waals surface area contributed by atoms with Crippen molar-refractivity contribution in [2.24, 2.45) is 0 Å². The largest absolute Gasteiger partial charge is 0.342 e. The lowest BCUT2D eigenvalue weighted by molar-refractivity contribution is -0.132. The van der Waals surface area contributed by atoms with Crippen LogP contribution in [0.15, 0.2) is 18.2 Å². The van der Waals surface area contributed by atoms with Crippen molar-refractivity contribution in [1.82, 2.24) is 24.5 Å². The molecule has 0 saturated carbocycles. The highest BCUT2D eigenvalue weighted by Gasteiger charge is 2.24. The van der Waals surface area contributed by atoms with Gasteiger partial charge in [0.1, 0.15) is 0 Å². The Morgan fingerprint density at radius 2 is 1.79 bits per heavy atom. The quantitative estimate of drug-likeness (QED) is 0.589. The van der Waals surface area contributed by atoms with Gasteiger partial charge in [-0.2, -0.15) is 5.10 Å². The van der Waals surface area contributed by atoms with Crippen LogP contribution in [0, 0.1) is 13.8 Å². The summed E-state index contributed by atoms with van der Waals surface area (Å²) in [6, 6.07) is 5.30. The first kappa shape index (κ1) is 25.5. The summed E-state index contributed by atoms with van der Waals surface area (Å²) in [5.74, 6) is 0.235. The Balaban J connectivity index is 1.66. The molecule has 7 nitrogen and oxygen atoms in total. The number of hydrogen-bond donors (Lipinski definition) is 0. The summed E-state index contributed by atoms with van der Waals surface area (Å²) in [6.45, 7) is 12.6. The second kappa shape index (κ2) is 11.4. The van der Waals surface area contributed by atoms with Crippen LogP contribution >= 0.6 is 23.2 Å². The van der Waals surface area contributed by atoms with Gasteiger partial charge in [-0.1, -0.05) is 23.2 Å². The molecule has 1 aromatic carbocycles. The van der Waals surface area contributed by atoms with Gasteiger partial charge in [0.15, 0.2) is 0 Å². The van der Waals surface area contributed by atoms with Crippen molar-refractivity contribution in [1.29, 1.82) is 0 Å². The minimum absolute atomic E-state index is 0.0832. The van der Waals surface area contributed by atoms with Gasteiger partial charge in [-0.25, -0.2) is 4.68 Å². The average molecular weight is 494 g/mol. The van der Waals surface area contributed by atoms with Crippen LogP contribution in [0.5, 0.6) is 0 Å². The van der Waals surface area contributed by atoms with Crippen molar-refractivity contribution in [2.75, 3.05) is 45.8 Å². The molecule has 0 bridgehead atoms. The van der Waals surface area contributed by atoms with Gasteiger partial charge in [-0.05, 0) is 52.3 Å². The molecule has 0 radical (unpaired) electrons. The molecule has 1 aliphatic rings. The lowest BCUT2D eigenvalue weighted by Gasteiger charge is -2.25. The molecule has 0 spiro atoms. The van der Waals surface area contributed by atoms with Gasteiger partial charge in [-0.3, -0.25) is 14.5 Å². The predicted molar refractivity (Wildman–Crippen MR) is 132 cm³/mol.